The van der Waals surface area contributed by atoms with Crippen molar-refractivity contribution in [2.24, 2.45) is 7.05 Å². The van der Waals surface area contributed by atoms with Crippen LogP contribution in [-0.4, -0.2) is 49.4 Å². The number of thioether (sulfide) groups is 1. The van der Waals surface area contributed by atoms with Crippen LogP contribution in [-0.2, 0) is 13.6 Å². The van der Waals surface area contributed by atoms with Crippen LogP contribution in [0.5, 0.6) is 5.88 Å². The van der Waals surface area contributed by atoms with Gasteiger partial charge < -0.3 is 4.74 Å². The van der Waals surface area contributed by atoms with Gasteiger partial charge in [-0.2, -0.15) is 5.10 Å². The average Bonchev–Trinajstić information content (AvgIpc) is 3.07. The minimum atomic E-state index is 0.292. The minimum absolute atomic E-state index is 0.292. The maximum atomic E-state index is 6.00. The zero-order valence-electron chi connectivity index (χ0n) is 12.7. The van der Waals surface area contributed by atoms with Gasteiger partial charge >= 0.3 is 0 Å². The molecule has 4 rings (SSSR count). The predicted octanol–water partition coefficient (Wildman–Crippen LogP) is 1.95. The standard InChI is InChI=1S/C16H20N4OS/c1-19-8-13(7-18-19)9-20-11-16(12-20)6-14(10-22-16)21-15-4-2-3-5-17-15/h2-5,7-8,14H,6,9-12H2,1H3/t14-/m0/s1. The van der Waals surface area contributed by atoms with Crippen LogP contribution in [0.15, 0.2) is 36.8 Å². The summed E-state index contributed by atoms with van der Waals surface area (Å²) in [6, 6.07) is 5.82. The Morgan fingerprint density at radius 2 is 2.32 bits per heavy atom. The highest BCUT2D eigenvalue weighted by atomic mass is 32.2. The maximum Gasteiger partial charge on any atom is 0.213 e. The van der Waals surface area contributed by atoms with E-state index >= 15 is 0 Å². The van der Waals surface area contributed by atoms with Crippen LogP contribution in [0.4, 0.5) is 0 Å². The summed E-state index contributed by atoms with van der Waals surface area (Å²) < 4.78 is 8.26. The molecule has 22 heavy (non-hydrogen) atoms. The molecule has 1 spiro atoms. The van der Waals surface area contributed by atoms with Gasteiger partial charge in [0.15, 0.2) is 0 Å². The topological polar surface area (TPSA) is 43.2 Å². The molecule has 0 radical (unpaired) electrons. The Hall–Kier alpha value is -1.53. The molecule has 0 aromatic carbocycles. The molecule has 2 saturated heterocycles. The third kappa shape index (κ3) is 2.85. The zero-order chi connectivity index (χ0) is 15.0. The van der Waals surface area contributed by atoms with Gasteiger partial charge in [0.1, 0.15) is 6.10 Å². The lowest BCUT2D eigenvalue weighted by molar-refractivity contribution is 0.0908. The highest BCUT2D eigenvalue weighted by Crippen LogP contribution is 2.46. The molecule has 2 aromatic rings. The second-order valence-corrected chi connectivity index (χ2v) is 7.76. The highest BCUT2D eigenvalue weighted by molar-refractivity contribution is 8.01. The molecule has 0 bridgehead atoms. The normalized spacial score (nSPS) is 23.6. The third-order valence-corrected chi connectivity index (χ3v) is 5.86. The van der Waals surface area contributed by atoms with E-state index in [-0.39, 0.29) is 0 Å². The van der Waals surface area contributed by atoms with Gasteiger partial charge in [-0.3, -0.25) is 9.58 Å². The molecule has 2 aliphatic rings. The molecule has 4 heterocycles. The van der Waals surface area contributed by atoms with E-state index < -0.39 is 0 Å². The summed E-state index contributed by atoms with van der Waals surface area (Å²) in [4.78, 5) is 6.75. The fraction of sp³-hybridized carbons (Fsp3) is 0.500. The van der Waals surface area contributed by atoms with Crippen molar-refractivity contribution in [1.82, 2.24) is 19.7 Å². The monoisotopic (exact) mass is 316 g/mol. The second kappa shape index (κ2) is 5.59. The van der Waals surface area contributed by atoms with Crippen molar-refractivity contribution in [1.29, 1.82) is 0 Å². The molecule has 1 atom stereocenters. The molecule has 0 aliphatic carbocycles. The van der Waals surface area contributed by atoms with Crippen LogP contribution in [0.1, 0.15) is 12.0 Å². The number of pyridine rings is 1. The maximum absolute atomic E-state index is 6.00. The van der Waals surface area contributed by atoms with E-state index in [1.165, 1.54) is 5.56 Å². The first-order chi connectivity index (χ1) is 10.7. The first-order valence-corrected chi connectivity index (χ1v) is 8.61. The summed E-state index contributed by atoms with van der Waals surface area (Å²) in [6.07, 6.45) is 7.25. The van der Waals surface area contributed by atoms with Crippen molar-refractivity contribution >= 4 is 11.8 Å². The molecule has 0 amide bonds. The Morgan fingerprint density at radius 1 is 1.41 bits per heavy atom. The van der Waals surface area contributed by atoms with E-state index in [4.69, 9.17) is 4.74 Å². The van der Waals surface area contributed by atoms with Crippen molar-refractivity contribution in [3.8, 4) is 5.88 Å². The molecule has 5 nitrogen and oxygen atoms in total. The van der Waals surface area contributed by atoms with E-state index in [2.05, 4.69) is 32.9 Å². The van der Waals surface area contributed by atoms with E-state index in [1.807, 2.05) is 36.1 Å². The highest BCUT2D eigenvalue weighted by Gasteiger charge is 2.49. The Morgan fingerprint density at radius 3 is 3.05 bits per heavy atom. The number of nitrogens with zero attached hydrogens (tertiary/aromatic N) is 4. The van der Waals surface area contributed by atoms with E-state index in [0.29, 0.717) is 10.9 Å². The van der Waals surface area contributed by atoms with Gasteiger partial charge in [-0.05, 0) is 6.07 Å². The Bertz CT molecular complexity index is 639. The fourth-order valence-corrected chi connectivity index (χ4v) is 4.96. The molecule has 0 N–H and O–H groups in total. The number of aryl methyl sites for hydroxylation is 1. The van der Waals surface area contributed by atoms with Gasteiger partial charge in [-0.1, -0.05) is 6.07 Å². The molecule has 0 unspecified atom stereocenters. The van der Waals surface area contributed by atoms with E-state index in [9.17, 15) is 0 Å². The molecule has 2 aliphatic heterocycles. The number of rotatable bonds is 4. The average molecular weight is 316 g/mol. The minimum Gasteiger partial charge on any atom is -0.473 e. The number of likely N-dealkylation sites (tertiary alicyclic amines) is 1. The molecular formula is C16H20N4OS. The Balaban J connectivity index is 1.29. The number of aromatic nitrogens is 3. The van der Waals surface area contributed by atoms with Crippen molar-refractivity contribution in [2.75, 3.05) is 18.8 Å². The van der Waals surface area contributed by atoms with Crippen molar-refractivity contribution in [3.63, 3.8) is 0 Å². The van der Waals surface area contributed by atoms with Gasteiger partial charge in [0, 0.05) is 67.6 Å². The predicted molar refractivity (Wildman–Crippen MR) is 86.9 cm³/mol. The first kappa shape index (κ1) is 14.1. The lowest BCUT2D eigenvalue weighted by Gasteiger charge is -2.47. The summed E-state index contributed by atoms with van der Waals surface area (Å²) in [5.41, 5.74) is 1.29. The van der Waals surface area contributed by atoms with Crippen LogP contribution >= 0.6 is 11.8 Å². The van der Waals surface area contributed by atoms with Crippen LogP contribution in [0, 0.1) is 0 Å². The molecule has 0 saturated carbocycles. The Labute approximate surface area is 134 Å². The van der Waals surface area contributed by atoms with Gasteiger partial charge in [0.05, 0.1) is 6.20 Å². The molecule has 116 valence electrons. The summed E-state index contributed by atoms with van der Waals surface area (Å²) in [6.45, 7) is 3.30. The van der Waals surface area contributed by atoms with Gasteiger partial charge in [0.25, 0.3) is 0 Å². The first-order valence-electron chi connectivity index (χ1n) is 7.62. The summed E-state index contributed by atoms with van der Waals surface area (Å²) in [7, 11) is 1.97. The summed E-state index contributed by atoms with van der Waals surface area (Å²) in [5, 5.41) is 4.23. The second-order valence-electron chi connectivity index (χ2n) is 6.27. The van der Waals surface area contributed by atoms with Crippen molar-refractivity contribution < 1.29 is 4.74 Å². The van der Waals surface area contributed by atoms with Crippen LogP contribution in [0.25, 0.3) is 0 Å². The van der Waals surface area contributed by atoms with Gasteiger partial charge in [0.2, 0.25) is 5.88 Å². The molecule has 6 heteroatoms. The summed E-state index contributed by atoms with van der Waals surface area (Å²) >= 11 is 2.06. The fourth-order valence-electron chi connectivity index (χ4n) is 3.38. The largest absolute Gasteiger partial charge is 0.473 e. The number of hydrogen-bond acceptors (Lipinski definition) is 5. The number of ether oxygens (including phenoxy) is 1. The third-order valence-electron chi connectivity index (χ3n) is 4.29. The van der Waals surface area contributed by atoms with Crippen LogP contribution < -0.4 is 4.74 Å². The van der Waals surface area contributed by atoms with E-state index in [0.717, 1.165) is 37.7 Å². The van der Waals surface area contributed by atoms with Crippen molar-refractivity contribution in [3.05, 3.63) is 42.4 Å². The number of hydrogen-bond donors (Lipinski definition) is 0. The van der Waals surface area contributed by atoms with Crippen molar-refractivity contribution in [2.45, 2.75) is 23.8 Å². The van der Waals surface area contributed by atoms with Gasteiger partial charge in [-0.25, -0.2) is 4.98 Å². The lowest BCUT2D eigenvalue weighted by atomic mass is 9.92. The lowest BCUT2D eigenvalue weighted by Crippen LogP contribution is -2.58. The smallest absolute Gasteiger partial charge is 0.213 e. The zero-order valence-corrected chi connectivity index (χ0v) is 13.5. The Kier molecular flexibility index (Phi) is 3.58. The van der Waals surface area contributed by atoms with E-state index in [1.54, 1.807) is 6.20 Å². The van der Waals surface area contributed by atoms with Crippen LogP contribution in [0.2, 0.25) is 0 Å². The van der Waals surface area contributed by atoms with Gasteiger partial charge in [-0.15, -0.1) is 11.8 Å². The summed E-state index contributed by atoms with van der Waals surface area (Å²) in [5.74, 6) is 1.81. The quantitative estimate of drug-likeness (QED) is 0.862. The molecule has 2 fully saturated rings. The van der Waals surface area contributed by atoms with Crippen LogP contribution in [0.3, 0.4) is 0 Å². The molecule has 2 aromatic heterocycles. The SMILES string of the molecule is Cn1cc(CN2CC3(C[C@H](Oc4ccccn4)CS3)C2)cn1. The molecular weight excluding hydrogens is 296 g/mol.